The van der Waals surface area contributed by atoms with Crippen molar-refractivity contribution in [3.63, 3.8) is 0 Å². The van der Waals surface area contributed by atoms with Gasteiger partial charge in [0.25, 0.3) is 0 Å². The summed E-state index contributed by atoms with van der Waals surface area (Å²) in [5, 5.41) is 4.24. The molecule has 0 heterocycles. The molecule has 2 aromatic carbocycles. The van der Waals surface area contributed by atoms with Crippen molar-refractivity contribution >= 4 is 17.3 Å². The first-order chi connectivity index (χ1) is 10.1. The molecular formula is C18H22ClNO. The summed E-state index contributed by atoms with van der Waals surface area (Å²) in [6.45, 7) is 7.11. The molecule has 112 valence electrons. The molecule has 3 heteroatoms. The molecule has 0 spiro atoms. The second-order valence-corrected chi connectivity index (χ2v) is 6.03. The predicted molar refractivity (Wildman–Crippen MR) is 90.3 cm³/mol. The van der Waals surface area contributed by atoms with Gasteiger partial charge in [-0.15, -0.1) is 0 Å². The predicted octanol–water partition coefficient (Wildman–Crippen LogP) is 5.55. The van der Waals surface area contributed by atoms with Crippen molar-refractivity contribution in [1.29, 1.82) is 0 Å². The first-order valence-electron chi connectivity index (χ1n) is 7.30. The Morgan fingerprint density at radius 2 is 1.81 bits per heavy atom. The van der Waals surface area contributed by atoms with E-state index in [0.29, 0.717) is 5.92 Å². The smallest absolute Gasteiger partial charge is 0.121 e. The molecule has 0 aliphatic heterocycles. The van der Waals surface area contributed by atoms with E-state index in [1.165, 1.54) is 0 Å². The molecule has 1 N–H and O–H groups in total. The van der Waals surface area contributed by atoms with Crippen LogP contribution in [-0.4, -0.2) is 6.61 Å². The summed E-state index contributed by atoms with van der Waals surface area (Å²) >= 11 is 6.24. The van der Waals surface area contributed by atoms with Gasteiger partial charge >= 0.3 is 0 Å². The molecule has 0 bridgehead atoms. The maximum absolute atomic E-state index is 6.24. The molecule has 0 fully saturated rings. The Bertz CT molecular complexity index is 583. The van der Waals surface area contributed by atoms with E-state index in [0.717, 1.165) is 28.6 Å². The van der Waals surface area contributed by atoms with Crippen molar-refractivity contribution in [2.75, 3.05) is 11.9 Å². The number of rotatable bonds is 6. The lowest BCUT2D eigenvalue weighted by Crippen LogP contribution is -2.08. The molecule has 0 aliphatic carbocycles. The van der Waals surface area contributed by atoms with E-state index in [-0.39, 0.29) is 6.04 Å². The fourth-order valence-corrected chi connectivity index (χ4v) is 2.39. The third kappa shape index (κ3) is 4.68. The van der Waals surface area contributed by atoms with Crippen molar-refractivity contribution in [1.82, 2.24) is 0 Å². The summed E-state index contributed by atoms with van der Waals surface area (Å²) in [6, 6.07) is 16.1. The number of anilines is 1. The molecule has 0 aliphatic rings. The number of benzene rings is 2. The second-order valence-electron chi connectivity index (χ2n) is 5.62. The van der Waals surface area contributed by atoms with E-state index in [2.05, 4.69) is 26.1 Å². The van der Waals surface area contributed by atoms with Gasteiger partial charge in [-0.25, -0.2) is 0 Å². The van der Waals surface area contributed by atoms with Crippen LogP contribution in [-0.2, 0) is 0 Å². The summed E-state index contributed by atoms with van der Waals surface area (Å²) in [5.74, 6) is 1.41. The van der Waals surface area contributed by atoms with Crippen LogP contribution < -0.4 is 10.1 Å². The van der Waals surface area contributed by atoms with Gasteiger partial charge in [-0.1, -0.05) is 49.7 Å². The first-order valence-corrected chi connectivity index (χ1v) is 7.68. The minimum atomic E-state index is 0.138. The van der Waals surface area contributed by atoms with Gasteiger partial charge in [0.05, 0.1) is 6.61 Å². The van der Waals surface area contributed by atoms with Gasteiger partial charge in [0.15, 0.2) is 0 Å². The van der Waals surface area contributed by atoms with Crippen LogP contribution in [0.3, 0.4) is 0 Å². The Morgan fingerprint density at radius 1 is 1.05 bits per heavy atom. The lowest BCUT2D eigenvalue weighted by molar-refractivity contribution is 0.271. The van der Waals surface area contributed by atoms with Crippen molar-refractivity contribution in [3.05, 3.63) is 59.1 Å². The minimum absolute atomic E-state index is 0.138. The van der Waals surface area contributed by atoms with Crippen LogP contribution in [0.1, 0.15) is 32.4 Å². The highest BCUT2D eigenvalue weighted by atomic mass is 35.5. The summed E-state index contributed by atoms with van der Waals surface area (Å²) in [7, 11) is 0. The monoisotopic (exact) mass is 303 g/mol. The highest BCUT2D eigenvalue weighted by molar-refractivity contribution is 6.31. The Labute approximate surface area is 132 Å². The van der Waals surface area contributed by atoms with Crippen LogP contribution >= 0.6 is 11.6 Å². The summed E-state index contributed by atoms with van der Waals surface area (Å²) in [4.78, 5) is 0. The fourth-order valence-electron chi connectivity index (χ4n) is 2.09. The summed E-state index contributed by atoms with van der Waals surface area (Å²) in [5.41, 5.74) is 2.12. The molecule has 21 heavy (non-hydrogen) atoms. The van der Waals surface area contributed by atoms with Crippen LogP contribution in [0.25, 0.3) is 0 Å². The van der Waals surface area contributed by atoms with Crippen molar-refractivity contribution < 1.29 is 4.74 Å². The van der Waals surface area contributed by atoms with Crippen LogP contribution in [0.5, 0.6) is 5.75 Å². The van der Waals surface area contributed by atoms with Gasteiger partial charge in [-0.3, -0.25) is 0 Å². The van der Waals surface area contributed by atoms with Gasteiger partial charge in [0.2, 0.25) is 0 Å². The molecule has 0 saturated carbocycles. The summed E-state index contributed by atoms with van der Waals surface area (Å²) in [6.07, 6.45) is 0. The molecule has 0 aromatic heterocycles. The Kier molecular flexibility index (Phi) is 5.51. The quantitative estimate of drug-likeness (QED) is 0.755. The van der Waals surface area contributed by atoms with E-state index in [1.54, 1.807) is 0 Å². The van der Waals surface area contributed by atoms with E-state index in [1.807, 2.05) is 48.5 Å². The van der Waals surface area contributed by atoms with Crippen molar-refractivity contribution in [3.8, 4) is 5.75 Å². The average molecular weight is 304 g/mol. The van der Waals surface area contributed by atoms with Gasteiger partial charge in [0, 0.05) is 22.8 Å². The normalized spacial score (nSPS) is 12.2. The first kappa shape index (κ1) is 15.7. The number of ether oxygens (including phenoxy) is 1. The number of halogens is 1. The SMILES string of the molecule is CC(C)COc1cccc(NC(C)c2ccccc2Cl)c1. The average Bonchev–Trinajstić information content (AvgIpc) is 2.46. The molecule has 0 saturated heterocycles. The molecule has 2 aromatic rings. The van der Waals surface area contributed by atoms with Gasteiger partial charge < -0.3 is 10.1 Å². The molecule has 2 rings (SSSR count). The van der Waals surface area contributed by atoms with E-state index < -0.39 is 0 Å². The zero-order valence-corrected chi connectivity index (χ0v) is 13.5. The zero-order chi connectivity index (χ0) is 15.2. The molecule has 2 nitrogen and oxygen atoms in total. The number of hydrogen-bond acceptors (Lipinski definition) is 2. The highest BCUT2D eigenvalue weighted by Crippen LogP contribution is 2.27. The van der Waals surface area contributed by atoms with E-state index in [9.17, 15) is 0 Å². The molecule has 0 radical (unpaired) electrons. The topological polar surface area (TPSA) is 21.3 Å². The summed E-state index contributed by atoms with van der Waals surface area (Å²) < 4.78 is 5.75. The Hall–Kier alpha value is -1.67. The van der Waals surface area contributed by atoms with Gasteiger partial charge in [-0.2, -0.15) is 0 Å². The van der Waals surface area contributed by atoms with E-state index >= 15 is 0 Å². The standard InChI is InChI=1S/C18H22ClNO/c1-13(2)12-21-16-8-6-7-15(11-16)20-14(3)17-9-4-5-10-18(17)19/h4-11,13-14,20H,12H2,1-3H3. The van der Waals surface area contributed by atoms with Crippen LogP contribution in [0, 0.1) is 5.92 Å². The van der Waals surface area contributed by atoms with Crippen LogP contribution in [0.15, 0.2) is 48.5 Å². The maximum Gasteiger partial charge on any atom is 0.121 e. The third-order valence-electron chi connectivity index (χ3n) is 3.17. The third-order valence-corrected chi connectivity index (χ3v) is 3.52. The minimum Gasteiger partial charge on any atom is -0.493 e. The highest BCUT2D eigenvalue weighted by Gasteiger charge is 2.09. The maximum atomic E-state index is 6.24. The van der Waals surface area contributed by atoms with Crippen molar-refractivity contribution in [2.24, 2.45) is 5.92 Å². The van der Waals surface area contributed by atoms with Crippen LogP contribution in [0.2, 0.25) is 5.02 Å². The van der Waals surface area contributed by atoms with E-state index in [4.69, 9.17) is 16.3 Å². The second kappa shape index (κ2) is 7.37. The van der Waals surface area contributed by atoms with Crippen LogP contribution in [0.4, 0.5) is 5.69 Å². The molecule has 0 amide bonds. The number of hydrogen-bond donors (Lipinski definition) is 1. The fraction of sp³-hybridized carbons (Fsp3) is 0.333. The van der Waals surface area contributed by atoms with Crippen molar-refractivity contribution in [2.45, 2.75) is 26.8 Å². The lowest BCUT2D eigenvalue weighted by atomic mass is 10.1. The Balaban J connectivity index is 2.05. The number of nitrogens with one attached hydrogen (secondary N) is 1. The molecular weight excluding hydrogens is 282 g/mol. The Morgan fingerprint density at radius 3 is 2.52 bits per heavy atom. The van der Waals surface area contributed by atoms with Gasteiger partial charge in [0.1, 0.15) is 5.75 Å². The molecule has 1 atom stereocenters. The molecule has 1 unspecified atom stereocenters. The lowest BCUT2D eigenvalue weighted by Gasteiger charge is -2.18. The van der Waals surface area contributed by atoms with Gasteiger partial charge in [-0.05, 0) is 36.6 Å². The zero-order valence-electron chi connectivity index (χ0n) is 12.8. The largest absolute Gasteiger partial charge is 0.493 e.